The summed E-state index contributed by atoms with van der Waals surface area (Å²) in [6, 6.07) is 13.0. The fourth-order valence-corrected chi connectivity index (χ4v) is 2.49. The molecule has 4 nitrogen and oxygen atoms in total. The molecule has 0 spiro atoms. The highest BCUT2D eigenvalue weighted by Crippen LogP contribution is 2.29. The summed E-state index contributed by atoms with van der Waals surface area (Å²) in [6.45, 7) is 0. The Morgan fingerprint density at radius 2 is 1.96 bits per heavy atom. The van der Waals surface area contributed by atoms with Gasteiger partial charge in [-0.3, -0.25) is 4.79 Å². The van der Waals surface area contributed by atoms with Gasteiger partial charge in [-0.05, 0) is 37.0 Å². The van der Waals surface area contributed by atoms with E-state index in [0.717, 1.165) is 24.8 Å². The van der Waals surface area contributed by atoms with Crippen molar-refractivity contribution in [3.05, 3.63) is 59.9 Å². The number of rotatable bonds is 6. The van der Waals surface area contributed by atoms with Crippen LogP contribution < -0.4 is 15.8 Å². The van der Waals surface area contributed by atoms with Crippen molar-refractivity contribution < 1.29 is 13.9 Å². The highest BCUT2D eigenvalue weighted by Gasteiger charge is 2.21. The standard InChI is InChI=1S/C18H19FN2O2/c19-15-11-13(9-10-16(15)23-14-7-4-8-14)21-17(18(20)22)12-5-2-1-3-6-12/h1-3,5-6,9-11,14,17,21H,4,7-8H2,(H2,20,22). The molecule has 2 aromatic rings. The zero-order valence-corrected chi connectivity index (χ0v) is 12.7. The van der Waals surface area contributed by atoms with Crippen LogP contribution in [0.15, 0.2) is 48.5 Å². The van der Waals surface area contributed by atoms with Gasteiger partial charge in [0.05, 0.1) is 6.10 Å². The number of carbonyl (C=O) groups is 1. The summed E-state index contributed by atoms with van der Waals surface area (Å²) in [5.74, 6) is -0.722. The molecular weight excluding hydrogens is 295 g/mol. The van der Waals surface area contributed by atoms with Crippen molar-refractivity contribution in [1.29, 1.82) is 0 Å². The Morgan fingerprint density at radius 1 is 1.22 bits per heavy atom. The first kappa shape index (κ1) is 15.3. The van der Waals surface area contributed by atoms with Crippen molar-refractivity contribution in [3.63, 3.8) is 0 Å². The second kappa shape index (κ2) is 6.69. The van der Waals surface area contributed by atoms with Crippen LogP contribution in [0.25, 0.3) is 0 Å². The lowest BCUT2D eigenvalue weighted by atomic mass is 9.96. The smallest absolute Gasteiger partial charge is 0.244 e. The minimum atomic E-state index is -0.714. The number of amides is 1. The quantitative estimate of drug-likeness (QED) is 0.859. The summed E-state index contributed by atoms with van der Waals surface area (Å²) in [4.78, 5) is 11.7. The maximum atomic E-state index is 14.1. The second-order valence-corrected chi connectivity index (χ2v) is 5.71. The van der Waals surface area contributed by atoms with E-state index in [1.807, 2.05) is 18.2 Å². The third-order valence-electron chi connectivity index (χ3n) is 4.01. The first-order valence-corrected chi connectivity index (χ1v) is 7.70. The van der Waals surface area contributed by atoms with Gasteiger partial charge in [-0.1, -0.05) is 30.3 Å². The maximum Gasteiger partial charge on any atom is 0.244 e. The van der Waals surface area contributed by atoms with Crippen LogP contribution in [-0.4, -0.2) is 12.0 Å². The van der Waals surface area contributed by atoms with Crippen molar-refractivity contribution in [2.24, 2.45) is 5.73 Å². The van der Waals surface area contributed by atoms with Crippen LogP contribution in [0.5, 0.6) is 5.75 Å². The van der Waals surface area contributed by atoms with Crippen molar-refractivity contribution >= 4 is 11.6 Å². The number of anilines is 1. The Kier molecular flexibility index (Phi) is 4.46. The monoisotopic (exact) mass is 314 g/mol. The van der Waals surface area contributed by atoms with E-state index in [0.29, 0.717) is 5.69 Å². The van der Waals surface area contributed by atoms with Crippen LogP contribution in [0, 0.1) is 5.82 Å². The summed E-state index contributed by atoms with van der Waals surface area (Å²) in [5, 5.41) is 2.97. The summed E-state index contributed by atoms with van der Waals surface area (Å²) < 4.78 is 19.7. The number of halogens is 1. The molecule has 1 aliphatic carbocycles. The SMILES string of the molecule is NC(=O)C(Nc1ccc(OC2CCC2)c(F)c1)c1ccccc1. The lowest BCUT2D eigenvalue weighted by Crippen LogP contribution is -2.27. The largest absolute Gasteiger partial charge is 0.487 e. The van der Waals surface area contributed by atoms with E-state index in [1.165, 1.54) is 6.07 Å². The fraction of sp³-hybridized carbons (Fsp3) is 0.278. The lowest BCUT2D eigenvalue weighted by molar-refractivity contribution is -0.118. The molecule has 5 heteroatoms. The van der Waals surface area contributed by atoms with Crippen molar-refractivity contribution in [2.75, 3.05) is 5.32 Å². The summed E-state index contributed by atoms with van der Waals surface area (Å²) in [7, 11) is 0. The summed E-state index contributed by atoms with van der Waals surface area (Å²) >= 11 is 0. The van der Waals surface area contributed by atoms with Gasteiger partial charge < -0.3 is 15.8 Å². The van der Waals surface area contributed by atoms with Crippen LogP contribution in [0.2, 0.25) is 0 Å². The third kappa shape index (κ3) is 3.62. The predicted molar refractivity (Wildman–Crippen MR) is 86.7 cm³/mol. The molecule has 0 bridgehead atoms. The zero-order valence-electron chi connectivity index (χ0n) is 12.7. The minimum Gasteiger partial charge on any atom is -0.487 e. The highest BCUT2D eigenvalue weighted by molar-refractivity contribution is 5.84. The molecule has 1 amide bonds. The fourth-order valence-electron chi connectivity index (χ4n) is 2.49. The Hall–Kier alpha value is -2.56. The molecule has 0 radical (unpaired) electrons. The Labute approximate surface area is 134 Å². The van der Waals surface area contributed by atoms with E-state index in [2.05, 4.69) is 5.32 Å². The predicted octanol–water partition coefficient (Wildman–Crippen LogP) is 3.40. The molecule has 1 saturated carbocycles. The maximum absolute atomic E-state index is 14.1. The van der Waals surface area contributed by atoms with Gasteiger partial charge in [0.1, 0.15) is 6.04 Å². The average Bonchev–Trinajstić information content (AvgIpc) is 2.50. The van der Waals surface area contributed by atoms with Crippen molar-refractivity contribution in [2.45, 2.75) is 31.4 Å². The van der Waals surface area contributed by atoms with Gasteiger partial charge in [0.25, 0.3) is 0 Å². The number of primary amides is 1. The number of hydrogen-bond acceptors (Lipinski definition) is 3. The van der Waals surface area contributed by atoms with E-state index in [-0.39, 0.29) is 11.9 Å². The molecule has 3 rings (SSSR count). The average molecular weight is 314 g/mol. The molecule has 2 aromatic carbocycles. The van der Waals surface area contributed by atoms with Crippen molar-refractivity contribution in [1.82, 2.24) is 0 Å². The number of carbonyl (C=O) groups excluding carboxylic acids is 1. The first-order chi connectivity index (χ1) is 11.1. The molecule has 0 aromatic heterocycles. The molecular formula is C18H19FN2O2. The van der Waals surface area contributed by atoms with Crippen LogP contribution in [0.4, 0.5) is 10.1 Å². The first-order valence-electron chi connectivity index (χ1n) is 7.70. The molecule has 3 N–H and O–H groups in total. The number of benzene rings is 2. The van der Waals surface area contributed by atoms with Gasteiger partial charge in [-0.15, -0.1) is 0 Å². The van der Waals surface area contributed by atoms with Gasteiger partial charge in [0.2, 0.25) is 5.91 Å². The molecule has 0 aliphatic heterocycles. The molecule has 0 heterocycles. The number of nitrogens with two attached hydrogens (primary N) is 1. The van der Waals surface area contributed by atoms with E-state index in [1.54, 1.807) is 24.3 Å². The van der Waals surface area contributed by atoms with Crippen LogP contribution in [0.3, 0.4) is 0 Å². The Morgan fingerprint density at radius 3 is 2.52 bits per heavy atom. The second-order valence-electron chi connectivity index (χ2n) is 5.71. The highest BCUT2D eigenvalue weighted by atomic mass is 19.1. The molecule has 23 heavy (non-hydrogen) atoms. The van der Waals surface area contributed by atoms with Gasteiger partial charge in [0, 0.05) is 11.8 Å². The molecule has 1 aliphatic rings. The van der Waals surface area contributed by atoms with Gasteiger partial charge in [0.15, 0.2) is 11.6 Å². The van der Waals surface area contributed by atoms with Gasteiger partial charge in [-0.2, -0.15) is 0 Å². The topological polar surface area (TPSA) is 64.4 Å². The van der Waals surface area contributed by atoms with Crippen molar-refractivity contribution in [3.8, 4) is 5.75 Å². The molecule has 1 atom stereocenters. The minimum absolute atomic E-state index is 0.117. The summed E-state index contributed by atoms with van der Waals surface area (Å²) in [5.41, 5.74) is 6.67. The van der Waals surface area contributed by atoms with E-state index in [4.69, 9.17) is 10.5 Å². The van der Waals surface area contributed by atoms with Crippen LogP contribution in [0.1, 0.15) is 30.9 Å². The van der Waals surface area contributed by atoms with Gasteiger partial charge >= 0.3 is 0 Å². The molecule has 0 saturated heterocycles. The number of ether oxygens (including phenoxy) is 1. The Bertz CT molecular complexity index is 687. The number of hydrogen-bond donors (Lipinski definition) is 2. The van der Waals surface area contributed by atoms with E-state index < -0.39 is 17.8 Å². The van der Waals surface area contributed by atoms with Crippen LogP contribution in [-0.2, 0) is 4.79 Å². The third-order valence-corrected chi connectivity index (χ3v) is 4.01. The number of nitrogens with one attached hydrogen (secondary N) is 1. The lowest BCUT2D eigenvalue weighted by Gasteiger charge is -2.26. The molecule has 1 unspecified atom stereocenters. The van der Waals surface area contributed by atoms with Gasteiger partial charge in [-0.25, -0.2) is 4.39 Å². The van der Waals surface area contributed by atoms with E-state index in [9.17, 15) is 9.18 Å². The zero-order chi connectivity index (χ0) is 16.2. The molecule has 120 valence electrons. The van der Waals surface area contributed by atoms with Crippen LogP contribution >= 0.6 is 0 Å². The Balaban J connectivity index is 1.75. The van der Waals surface area contributed by atoms with E-state index >= 15 is 0 Å². The molecule has 1 fully saturated rings. The summed E-state index contributed by atoms with van der Waals surface area (Å²) in [6.07, 6.45) is 3.18. The normalized spacial score (nSPS) is 15.5.